The Labute approximate surface area is 133 Å². The molecule has 0 amide bonds. The summed E-state index contributed by atoms with van der Waals surface area (Å²) in [6.45, 7) is 12.2. The average molecular weight is 308 g/mol. The number of nitrogens with one attached hydrogen (secondary N) is 1. The molecule has 0 bridgehead atoms. The van der Waals surface area contributed by atoms with Crippen LogP contribution in [0.15, 0.2) is 18.2 Å². The molecule has 21 heavy (non-hydrogen) atoms. The van der Waals surface area contributed by atoms with Gasteiger partial charge in [-0.25, -0.2) is 0 Å². The molecule has 3 nitrogen and oxygen atoms in total. The standard InChI is InChI=1S/C17H28N2OS/c1-6-18-13(2)16-14(8-7-9-15(16)20-5)19-10-11-21-17(3,4)12-19/h7-9,13,18H,6,10-12H2,1-5H3. The van der Waals surface area contributed by atoms with Crippen LogP contribution in [0.2, 0.25) is 0 Å². The van der Waals surface area contributed by atoms with Gasteiger partial charge in [-0.1, -0.05) is 13.0 Å². The maximum Gasteiger partial charge on any atom is 0.125 e. The largest absolute Gasteiger partial charge is 0.496 e. The van der Waals surface area contributed by atoms with Gasteiger partial charge < -0.3 is 15.0 Å². The van der Waals surface area contributed by atoms with E-state index in [1.165, 1.54) is 17.0 Å². The number of anilines is 1. The normalized spacial score (nSPS) is 19.4. The Morgan fingerprint density at radius 1 is 1.43 bits per heavy atom. The fraction of sp³-hybridized carbons (Fsp3) is 0.647. The molecule has 4 heteroatoms. The third-order valence-corrected chi connectivity index (χ3v) is 5.27. The van der Waals surface area contributed by atoms with E-state index in [1.54, 1.807) is 7.11 Å². The van der Waals surface area contributed by atoms with Crippen LogP contribution in [-0.2, 0) is 0 Å². The minimum absolute atomic E-state index is 0.291. The van der Waals surface area contributed by atoms with E-state index in [1.807, 2.05) is 0 Å². The molecule has 0 aliphatic carbocycles. The minimum Gasteiger partial charge on any atom is -0.496 e. The number of hydrogen-bond donors (Lipinski definition) is 1. The number of nitrogens with zero attached hydrogens (tertiary/aromatic N) is 1. The Balaban J connectivity index is 2.38. The van der Waals surface area contributed by atoms with Crippen molar-refractivity contribution in [1.29, 1.82) is 0 Å². The highest BCUT2D eigenvalue weighted by Crippen LogP contribution is 2.38. The minimum atomic E-state index is 0.291. The number of methoxy groups -OCH3 is 1. The maximum absolute atomic E-state index is 5.62. The van der Waals surface area contributed by atoms with Gasteiger partial charge in [0.15, 0.2) is 0 Å². The Morgan fingerprint density at radius 2 is 2.19 bits per heavy atom. The summed E-state index contributed by atoms with van der Waals surface area (Å²) in [4.78, 5) is 2.52. The van der Waals surface area contributed by atoms with Crippen LogP contribution < -0.4 is 15.0 Å². The lowest BCUT2D eigenvalue weighted by Crippen LogP contribution is -2.43. The quantitative estimate of drug-likeness (QED) is 0.896. The summed E-state index contributed by atoms with van der Waals surface area (Å²) in [5.74, 6) is 2.16. The number of thioether (sulfide) groups is 1. The molecule has 0 saturated carbocycles. The lowest BCUT2D eigenvalue weighted by atomic mass is 10.0. The maximum atomic E-state index is 5.62. The van der Waals surface area contributed by atoms with Gasteiger partial charge in [-0.2, -0.15) is 11.8 Å². The zero-order valence-electron chi connectivity index (χ0n) is 13.9. The molecule has 1 heterocycles. The summed E-state index contributed by atoms with van der Waals surface area (Å²) in [6.07, 6.45) is 0. The third kappa shape index (κ3) is 3.86. The van der Waals surface area contributed by atoms with Crippen molar-refractivity contribution in [3.8, 4) is 5.75 Å². The second-order valence-corrected chi connectivity index (χ2v) is 8.00. The number of rotatable bonds is 5. The van der Waals surface area contributed by atoms with Crippen LogP contribution >= 0.6 is 11.8 Å². The molecular weight excluding hydrogens is 280 g/mol. The molecule has 1 aliphatic rings. The highest BCUT2D eigenvalue weighted by molar-refractivity contribution is 8.00. The number of hydrogen-bond acceptors (Lipinski definition) is 4. The van der Waals surface area contributed by atoms with Gasteiger partial charge in [0.1, 0.15) is 5.75 Å². The summed E-state index contributed by atoms with van der Waals surface area (Å²) in [7, 11) is 1.76. The van der Waals surface area contributed by atoms with Crippen LogP contribution in [0.3, 0.4) is 0 Å². The molecule has 1 atom stereocenters. The lowest BCUT2D eigenvalue weighted by Gasteiger charge is -2.40. The van der Waals surface area contributed by atoms with Gasteiger partial charge in [-0.3, -0.25) is 0 Å². The van der Waals surface area contributed by atoms with Crippen molar-refractivity contribution in [2.24, 2.45) is 0 Å². The van der Waals surface area contributed by atoms with Crippen molar-refractivity contribution >= 4 is 17.4 Å². The van der Waals surface area contributed by atoms with Gasteiger partial charge in [0.05, 0.1) is 7.11 Å². The van der Waals surface area contributed by atoms with Gasteiger partial charge >= 0.3 is 0 Å². The molecule has 1 aromatic carbocycles. The summed E-state index contributed by atoms with van der Waals surface area (Å²) in [5.41, 5.74) is 2.60. The molecule has 0 aromatic heterocycles. The molecular formula is C17H28N2OS. The van der Waals surface area contributed by atoms with Crippen LogP contribution in [0, 0.1) is 0 Å². The Bertz CT molecular complexity index is 476. The van der Waals surface area contributed by atoms with Crippen LogP contribution in [0.5, 0.6) is 5.75 Å². The Kier molecular flexibility index (Phi) is 5.44. The second-order valence-electron chi connectivity index (χ2n) is 6.20. The Morgan fingerprint density at radius 3 is 2.81 bits per heavy atom. The number of benzene rings is 1. The van der Waals surface area contributed by atoms with Gasteiger partial charge in [-0.15, -0.1) is 0 Å². The van der Waals surface area contributed by atoms with Crippen molar-refractivity contribution in [1.82, 2.24) is 5.32 Å². The van der Waals surface area contributed by atoms with E-state index in [-0.39, 0.29) is 0 Å². The van der Waals surface area contributed by atoms with Crippen LogP contribution in [0.1, 0.15) is 39.3 Å². The predicted octanol–water partition coefficient (Wildman–Crippen LogP) is 3.70. The molecule has 2 rings (SSSR count). The second kappa shape index (κ2) is 6.93. The molecule has 0 spiro atoms. The van der Waals surface area contributed by atoms with Crippen LogP contribution in [-0.4, -0.2) is 37.2 Å². The van der Waals surface area contributed by atoms with Crippen molar-refractivity contribution in [2.45, 2.75) is 38.5 Å². The molecule has 0 radical (unpaired) electrons. The predicted molar refractivity (Wildman–Crippen MR) is 93.8 cm³/mol. The SMILES string of the molecule is CCNC(C)c1c(OC)cccc1N1CCSC(C)(C)C1. The van der Waals surface area contributed by atoms with E-state index in [4.69, 9.17) is 4.74 Å². The zero-order valence-corrected chi connectivity index (χ0v) is 14.7. The summed E-state index contributed by atoms with van der Waals surface area (Å²) in [6, 6.07) is 6.69. The van der Waals surface area contributed by atoms with E-state index in [0.29, 0.717) is 10.8 Å². The average Bonchev–Trinajstić information content (AvgIpc) is 2.45. The monoisotopic (exact) mass is 308 g/mol. The van der Waals surface area contributed by atoms with E-state index < -0.39 is 0 Å². The fourth-order valence-electron chi connectivity index (χ4n) is 3.05. The molecule has 1 unspecified atom stereocenters. The van der Waals surface area contributed by atoms with Crippen molar-refractivity contribution in [2.75, 3.05) is 37.4 Å². The van der Waals surface area contributed by atoms with Crippen molar-refractivity contribution in [3.05, 3.63) is 23.8 Å². The van der Waals surface area contributed by atoms with Gasteiger partial charge in [0, 0.05) is 40.9 Å². The topological polar surface area (TPSA) is 24.5 Å². The lowest BCUT2D eigenvalue weighted by molar-refractivity contribution is 0.402. The summed E-state index contributed by atoms with van der Waals surface area (Å²) in [5, 5.41) is 3.52. The molecule has 1 aromatic rings. The van der Waals surface area contributed by atoms with Crippen molar-refractivity contribution in [3.63, 3.8) is 0 Å². The zero-order chi connectivity index (χ0) is 15.5. The first-order valence-electron chi connectivity index (χ1n) is 7.77. The third-order valence-electron chi connectivity index (χ3n) is 3.97. The van der Waals surface area contributed by atoms with E-state index in [2.05, 4.69) is 67.9 Å². The van der Waals surface area contributed by atoms with Gasteiger partial charge in [-0.05, 0) is 39.4 Å². The van der Waals surface area contributed by atoms with E-state index >= 15 is 0 Å². The molecule has 1 fully saturated rings. The fourth-order valence-corrected chi connectivity index (χ4v) is 4.16. The molecule has 118 valence electrons. The summed E-state index contributed by atoms with van der Waals surface area (Å²) < 4.78 is 5.93. The van der Waals surface area contributed by atoms with Gasteiger partial charge in [0.2, 0.25) is 0 Å². The first-order chi connectivity index (χ1) is 9.98. The number of ether oxygens (including phenoxy) is 1. The van der Waals surface area contributed by atoms with E-state index in [0.717, 1.165) is 25.4 Å². The first kappa shape index (κ1) is 16.5. The van der Waals surface area contributed by atoms with Crippen LogP contribution in [0.4, 0.5) is 5.69 Å². The van der Waals surface area contributed by atoms with Crippen LogP contribution in [0.25, 0.3) is 0 Å². The highest BCUT2D eigenvalue weighted by atomic mass is 32.2. The van der Waals surface area contributed by atoms with Gasteiger partial charge in [0.25, 0.3) is 0 Å². The Hall–Kier alpha value is -0.870. The highest BCUT2D eigenvalue weighted by Gasteiger charge is 2.29. The molecule has 1 aliphatic heterocycles. The van der Waals surface area contributed by atoms with Crippen molar-refractivity contribution < 1.29 is 4.74 Å². The molecule has 1 N–H and O–H groups in total. The smallest absolute Gasteiger partial charge is 0.125 e. The first-order valence-corrected chi connectivity index (χ1v) is 8.76. The summed E-state index contributed by atoms with van der Waals surface area (Å²) >= 11 is 2.06. The molecule has 1 saturated heterocycles. The van der Waals surface area contributed by atoms with E-state index in [9.17, 15) is 0 Å².